The fourth-order valence-electron chi connectivity index (χ4n) is 1.84. The van der Waals surface area contributed by atoms with Crippen molar-refractivity contribution in [3.05, 3.63) is 0 Å². The maximum absolute atomic E-state index is 8.55. The van der Waals surface area contributed by atoms with E-state index in [1.165, 1.54) is 12.8 Å². The molecule has 90 valence electrons. The van der Waals surface area contributed by atoms with E-state index in [-0.39, 0.29) is 0 Å². The highest BCUT2D eigenvalue weighted by atomic mass is 16.4. The summed E-state index contributed by atoms with van der Waals surface area (Å²) in [5, 5.41) is 11.6. The summed E-state index contributed by atoms with van der Waals surface area (Å²) in [4.78, 5) is 2.32. The summed E-state index contributed by atoms with van der Waals surface area (Å²) in [6, 6.07) is 0.911. The maximum Gasteiger partial charge on any atom is 0.140 e. The van der Waals surface area contributed by atoms with Gasteiger partial charge in [-0.2, -0.15) is 0 Å². The molecular formula is C11H25N3O. The van der Waals surface area contributed by atoms with Crippen molar-refractivity contribution in [2.75, 3.05) is 7.05 Å². The molecule has 0 aliphatic rings. The molecule has 0 spiro atoms. The monoisotopic (exact) mass is 215 g/mol. The van der Waals surface area contributed by atoms with Crippen molar-refractivity contribution >= 4 is 5.84 Å². The lowest BCUT2D eigenvalue weighted by Gasteiger charge is -2.32. The minimum absolute atomic E-state index is 0.317. The molecule has 0 bridgehead atoms. The molecule has 0 amide bonds. The summed E-state index contributed by atoms with van der Waals surface area (Å²) in [7, 11) is 2.11. The first-order chi connectivity index (χ1) is 7.06. The van der Waals surface area contributed by atoms with Crippen molar-refractivity contribution in [2.45, 2.75) is 58.5 Å². The van der Waals surface area contributed by atoms with Crippen molar-refractivity contribution in [2.24, 2.45) is 10.9 Å². The third-order valence-electron chi connectivity index (χ3n) is 3.02. The number of amidine groups is 1. The normalized spacial score (nSPS) is 16.7. The van der Waals surface area contributed by atoms with Crippen LogP contribution in [0.4, 0.5) is 0 Å². The topological polar surface area (TPSA) is 61.8 Å². The van der Waals surface area contributed by atoms with Crippen LogP contribution in [0.25, 0.3) is 0 Å². The van der Waals surface area contributed by atoms with Gasteiger partial charge in [-0.05, 0) is 26.8 Å². The maximum atomic E-state index is 8.55. The van der Waals surface area contributed by atoms with E-state index in [2.05, 4.69) is 37.9 Å². The Morgan fingerprint density at radius 2 is 2.07 bits per heavy atom. The van der Waals surface area contributed by atoms with Crippen LogP contribution in [0, 0.1) is 0 Å². The zero-order chi connectivity index (χ0) is 11.8. The minimum atomic E-state index is 0.317. The average Bonchev–Trinajstić information content (AvgIpc) is 2.24. The van der Waals surface area contributed by atoms with E-state index >= 15 is 0 Å². The summed E-state index contributed by atoms with van der Waals surface area (Å²) >= 11 is 0. The molecule has 0 rings (SSSR count). The predicted octanol–water partition coefficient (Wildman–Crippen LogP) is 2.02. The number of hydrogen-bond acceptors (Lipinski definition) is 3. The number of oxime groups is 1. The van der Waals surface area contributed by atoms with Crippen LogP contribution in [-0.2, 0) is 0 Å². The first-order valence-electron chi connectivity index (χ1n) is 5.75. The molecule has 0 radical (unpaired) electrons. The van der Waals surface area contributed by atoms with Crippen molar-refractivity contribution < 1.29 is 5.21 Å². The van der Waals surface area contributed by atoms with Crippen LogP contribution >= 0.6 is 0 Å². The van der Waals surface area contributed by atoms with Crippen molar-refractivity contribution in [1.82, 2.24) is 4.90 Å². The molecule has 4 nitrogen and oxygen atoms in total. The van der Waals surface area contributed by atoms with Crippen LogP contribution in [0.2, 0.25) is 0 Å². The van der Waals surface area contributed by atoms with Crippen molar-refractivity contribution in [1.29, 1.82) is 0 Å². The summed E-state index contributed by atoms with van der Waals surface area (Å²) < 4.78 is 0. The van der Waals surface area contributed by atoms with E-state index in [9.17, 15) is 0 Å². The second-order valence-electron chi connectivity index (χ2n) is 4.16. The van der Waals surface area contributed by atoms with Gasteiger partial charge in [0.25, 0.3) is 0 Å². The molecule has 0 heterocycles. The first kappa shape index (κ1) is 14.2. The molecule has 0 aromatic rings. The van der Waals surface area contributed by atoms with Gasteiger partial charge in [0.2, 0.25) is 0 Å². The fraction of sp³-hybridized carbons (Fsp3) is 0.909. The molecule has 0 aromatic heterocycles. The van der Waals surface area contributed by atoms with Crippen LogP contribution in [0.15, 0.2) is 5.16 Å². The molecule has 0 aromatic carbocycles. The molecule has 4 heteroatoms. The smallest absolute Gasteiger partial charge is 0.140 e. The van der Waals surface area contributed by atoms with E-state index < -0.39 is 0 Å². The van der Waals surface area contributed by atoms with Gasteiger partial charge >= 0.3 is 0 Å². The van der Waals surface area contributed by atoms with Gasteiger partial charge in [0.15, 0.2) is 0 Å². The molecule has 0 aliphatic carbocycles. The van der Waals surface area contributed by atoms with E-state index in [1.54, 1.807) is 0 Å². The second-order valence-corrected chi connectivity index (χ2v) is 4.16. The van der Waals surface area contributed by atoms with Crippen LogP contribution < -0.4 is 5.73 Å². The summed E-state index contributed by atoms with van der Waals surface area (Å²) in [5.74, 6) is 0.317. The van der Waals surface area contributed by atoms with Crippen LogP contribution in [0.5, 0.6) is 0 Å². The molecule has 0 fully saturated rings. The number of nitrogens with zero attached hydrogens (tertiary/aromatic N) is 2. The van der Waals surface area contributed by atoms with Gasteiger partial charge in [-0.3, -0.25) is 0 Å². The zero-order valence-corrected chi connectivity index (χ0v) is 10.4. The largest absolute Gasteiger partial charge is 0.409 e. The highest BCUT2D eigenvalue weighted by molar-refractivity contribution is 5.80. The van der Waals surface area contributed by atoms with Gasteiger partial charge in [0.05, 0.1) is 0 Å². The Bertz CT molecular complexity index is 194. The predicted molar refractivity (Wildman–Crippen MR) is 64.2 cm³/mol. The van der Waals surface area contributed by atoms with Crippen LogP contribution in [-0.4, -0.2) is 35.1 Å². The lowest BCUT2D eigenvalue weighted by molar-refractivity contribution is 0.173. The minimum Gasteiger partial charge on any atom is -0.409 e. The Kier molecular flexibility index (Phi) is 7.13. The van der Waals surface area contributed by atoms with Gasteiger partial charge in [-0.25, -0.2) is 0 Å². The third kappa shape index (κ3) is 5.02. The standard InChI is InChI=1S/C11H25N3O/c1-5-7-9(3)14(4)10(6-2)8-11(12)13-15/h9-10,15H,5-8H2,1-4H3,(H2,12,13). The Hall–Kier alpha value is -0.770. The fourth-order valence-corrected chi connectivity index (χ4v) is 1.84. The van der Waals surface area contributed by atoms with Gasteiger partial charge in [-0.1, -0.05) is 25.4 Å². The second kappa shape index (κ2) is 7.51. The zero-order valence-electron chi connectivity index (χ0n) is 10.4. The molecule has 0 aliphatic heterocycles. The van der Waals surface area contributed by atoms with Crippen LogP contribution in [0.1, 0.15) is 46.5 Å². The molecule has 3 N–H and O–H groups in total. The molecular weight excluding hydrogens is 190 g/mol. The van der Waals surface area contributed by atoms with Gasteiger partial charge in [0.1, 0.15) is 5.84 Å². The SMILES string of the molecule is CCCC(C)N(C)C(CC)C/C(N)=N/O. The molecule has 0 saturated heterocycles. The van der Waals surface area contributed by atoms with Gasteiger partial charge < -0.3 is 15.8 Å². The quantitative estimate of drug-likeness (QED) is 0.295. The van der Waals surface area contributed by atoms with E-state index in [0.29, 0.717) is 24.3 Å². The average molecular weight is 215 g/mol. The molecule has 0 saturated carbocycles. The number of hydrogen-bond donors (Lipinski definition) is 2. The first-order valence-corrected chi connectivity index (χ1v) is 5.75. The summed E-state index contributed by atoms with van der Waals surface area (Å²) in [6.07, 6.45) is 4.02. The Morgan fingerprint density at radius 1 is 1.47 bits per heavy atom. The Labute approximate surface area is 93.1 Å². The Morgan fingerprint density at radius 3 is 2.47 bits per heavy atom. The van der Waals surface area contributed by atoms with Crippen LogP contribution in [0.3, 0.4) is 0 Å². The molecule has 2 unspecified atom stereocenters. The lowest BCUT2D eigenvalue weighted by atomic mass is 10.1. The Balaban J connectivity index is 4.26. The summed E-state index contributed by atoms with van der Waals surface area (Å²) in [6.45, 7) is 6.54. The van der Waals surface area contributed by atoms with E-state index in [1.807, 2.05) is 0 Å². The van der Waals surface area contributed by atoms with E-state index in [0.717, 1.165) is 6.42 Å². The highest BCUT2D eigenvalue weighted by Crippen LogP contribution is 2.13. The number of nitrogens with two attached hydrogens (primary N) is 1. The lowest BCUT2D eigenvalue weighted by Crippen LogP contribution is -2.40. The highest BCUT2D eigenvalue weighted by Gasteiger charge is 2.18. The molecule has 15 heavy (non-hydrogen) atoms. The third-order valence-corrected chi connectivity index (χ3v) is 3.02. The molecule has 2 atom stereocenters. The summed E-state index contributed by atoms with van der Waals surface area (Å²) in [5.41, 5.74) is 5.53. The van der Waals surface area contributed by atoms with Crippen molar-refractivity contribution in [3.8, 4) is 0 Å². The van der Waals surface area contributed by atoms with Gasteiger partial charge in [-0.15, -0.1) is 0 Å². The van der Waals surface area contributed by atoms with E-state index in [4.69, 9.17) is 10.9 Å². The van der Waals surface area contributed by atoms with Gasteiger partial charge in [0, 0.05) is 18.5 Å². The van der Waals surface area contributed by atoms with Crippen molar-refractivity contribution in [3.63, 3.8) is 0 Å². The number of rotatable bonds is 7.